The van der Waals surface area contributed by atoms with Crippen LogP contribution < -0.4 is 0 Å². The molecule has 2 rings (SSSR count). The van der Waals surface area contributed by atoms with Gasteiger partial charge in [0, 0.05) is 0 Å². The molecule has 1 saturated heterocycles. The van der Waals surface area contributed by atoms with Crippen LogP contribution in [0.2, 0.25) is 72.5 Å². The maximum absolute atomic E-state index is 15.1. The van der Waals surface area contributed by atoms with Crippen molar-refractivity contribution in [2.75, 3.05) is 6.61 Å². The van der Waals surface area contributed by atoms with E-state index in [2.05, 4.69) is 135 Å². The van der Waals surface area contributed by atoms with E-state index >= 15 is 4.79 Å². The SMILES string of the molecule is CC(C)(C)[Si](C)(C)OC[C@H]1[C@@H](O[Si](C)(C)C(C)(C)C)[C@H](O[Si](C)(C)C(C)(C)C)[C@@H](O[Si](C)(C)C(C)(C)C)C(=O)N1OCc1ccccc1. The molecule has 1 heterocycles. The minimum absolute atomic E-state index is 0.0117. The van der Waals surface area contributed by atoms with E-state index in [-0.39, 0.29) is 32.7 Å². The first-order valence-electron chi connectivity index (χ1n) is 17.9. The van der Waals surface area contributed by atoms with Crippen LogP contribution in [-0.4, -0.2) is 75.2 Å². The zero-order chi connectivity index (χ0) is 37.5. The number of rotatable bonds is 12. The highest BCUT2D eigenvalue weighted by atomic mass is 28.4. The molecule has 0 unspecified atom stereocenters. The number of carbonyl (C=O) groups is 1. The Bertz CT molecular complexity index is 1210. The Morgan fingerprint density at radius 2 is 0.979 bits per heavy atom. The summed E-state index contributed by atoms with van der Waals surface area (Å²) in [5.74, 6) is -0.210. The number of hydroxylamine groups is 2. The van der Waals surface area contributed by atoms with Crippen molar-refractivity contribution in [1.29, 1.82) is 0 Å². The molecular formula is C37H73NO6Si4. The summed E-state index contributed by atoms with van der Waals surface area (Å²) in [7, 11) is -9.55. The number of hydrogen-bond donors (Lipinski definition) is 0. The molecule has 0 spiro atoms. The van der Waals surface area contributed by atoms with Gasteiger partial charge in [0.1, 0.15) is 18.8 Å². The van der Waals surface area contributed by atoms with Gasteiger partial charge < -0.3 is 17.7 Å². The van der Waals surface area contributed by atoms with Gasteiger partial charge in [-0.1, -0.05) is 113 Å². The van der Waals surface area contributed by atoms with Crippen molar-refractivity contribution in [1.82, 2.24) is 5.06 Å². The van der Waals surface area contributed by atoms with Gasteiger partial charge in [-0.3, -0.25) is 9.63 Å². The van der Waals surface area contributed by atoms with Gasteiger partial charge >= 0.3 is 0 Å². The molecule has 1 amide bonds. The van der Waals surface area contributed by atoms with Gasteiger partial charge in [-0.2, -0.15) is 0 Å². The Hall–Kier alpha value is -0.642. The van der Waals surface area contributed by atoms with Crippen molar-refractivity contribution < 1.29 is 27.3 Å². The predicted octanol–water partition coefficient (Wildman–Crippen LogP) is 10.5. The summed E-state index contributed by atoms with van der Waals surface area (Å²) in [6.45, 7) is 45.3. The second kappa shape index (κ2) is 14.8. The third-order valence-electron chi connectivity index (χ3n) is 12.1. The van der Waals surface area contributed by atoms with Gasteiger partial charge in [0.15, 0.2) is 39.4 Å². The minimum atomic E-state index is -2.47. The lowest BCUT2D eigenvalue weighted by molar-refractivity contribution is -0.253. The molecule has 0 radical (unpaired) electrons. The topological polar surface area (TPSA) is 66.5 Å². The first-order valence-corrected chi connectivity index (χ1v) is 29.6. The predicted molar refractivity (Wildman–Crippen MR) is 211 cm³/mol. The zero-order valence-electron chi connectivity index (χ0n) is 34.5. The first-order chi connectivity index (χ1) is 21.3. The summed E-state index contributed by atoms with van der Waals surface area (Å²) in [6.07, 6.45) is -2.02. The highest BCUT2D eigenvalue weighted by Crippen LogP contribution is 2.46. The molecule has 1 aromatic carbocycles. The highest BCUT2D eigenvalue weighted by Gasteiger charge is 2.59. The number of hydrogen-bond acceptors (Lipinski definition) is 6. The Balaban J connectivity index is 2.90. The van der Waals surface area contributed by atoms with Crippen molar-refractivity contribution >= 4 is 39.2 Å². The number of benzene rings is 1. The largest absolute Gasteiger partial charge is 0.415 e. The van der Waals surface area contributed by atoms with Crippen molar-refractivity contribution in [3.05, 3.63) is 35.9 Å². The Morgan fingerprint density at radius 3 is 1.40 bits per heavy atom. The van der Waals surface area contributed by atoms with Gasteiger partial charge in [0.25, 0.3) is 5.91 Å². The third kappa shape index (κ3) is 10.2. The van der Waals surface area contributed by atoms with E-state index in [0.717, 1.165) is 5.56 Å². The van der Waals surface area contributed by atoms with Gasteiger partial charge in [-0.25, -0.2) is 5.06 Å². The summed E-state index contributed by atoms with van der Waals surface area (Å²) in [4.78, 5) is 21.7. The van der Waals surface area contributed by atoms with Crippen LogP contribution >= 0.6 is 0 Å². The normalized spacial score (nSPS) is 22.8. The van der Waals surface area contributed by atoms with Crippen LogP contribution in [0, 0.1) is 0 Å². The fourth-order valence-corrected chi connectivity index (χ4v) is 9.29. The summed E-state index contributed by atoms with van der Waals surface area (Å²) < 4.78 is 29.0. The van der Waals surface area contributed by atoms with E-state index in [0.29, 0.717) is 6.61 Å². The van der Waals surface area contributed by atoms with E-state index in [4.69, 9.17) is 22.5 Å². The molecule has 0 N–H and O–H groups in total. The lowest BCUT2D eigenvalue weighted by atomic mass is 9.95. The molecule has 278 valence electrons. The highest BCUT2D eigenvalue weighted by molar-refractivity contribution is 6.75. The zero-order valence-corrected chi connectivity index (χ0v) is 38.5. The van der Waals surface area contributed by atoms with E-state index in [1.807, 2.05) is 30.3 Å². The molecule has 4 atom stereocenters. The standard InChI is InChI=1S/C37H73NO6Si4/c1-34(2,3)45(13,14)41-27-29-30(42-46(15,16)35(4,5)6)31(43-47(17,18)36(7,8)9)32(44-48(19,20)37(10,11)12)33(39)38(29)40-26-28-24-22-21-23-25-28/h21-25,29-32H,26-27H2,1-20H3/t29-,30+,31-,32+/m0/s1. The number of carbonyl (C=O) groups excluding carboxylic acids is 1. The van der Waals surface area contributed by atoms with Gasteiger partial charge in [-0.15, -0.1) is 0 Å². The maximum Gasteiger partial charge on any atom is 0.277 e. The summed E-state index contributed by atoms with van der Waals surface area (Å²) in [5, 5.41) is 1.27. The quantitative estimate of drug-likeness (QED) is 0.199. The number of amides is 1. The Labute approximate surface area is 299 Å². The third-order valence-corrected chi connectivity index (χ3v) is 30.0. The molecular weight excluding hydrogens is 667 g/mol. The summed E-state index contributed by atoms with van der Waals surface area (Å²) in [5.41, 5.74) is 0.984. The van der Waals surface area contributed by atoms with Crippen LogP contribution in [0.3, 0.4) is 0 Å². The monoisotopic (exact) mass is 739 g/mol. The van der Waals surface area contributed by atoms with Gasteiger partial charge in [0.05, 0.1) is 12.7 Å². The second-order valence-corrected chi connectivity index (χ2v) is 39.1. The molecule has 48 heavy (non-hydrogen) atoms. The molecule has 1 aliphatic rings. The van der Waals surface area contributed by atoms with Crippen LogP contribution in [0.5, 0.6) is 0 Å². The summed E-state index contributed by atoms with van der Waals surface area (Å²) >= 11 is 0. The fraction of sp³-hybridized carbons (Fsp3) is 0.811. The van der Waals surface area contributed by atoms with Gasteiger partial charge in [-0.05, 0) is 78.1 Å². The van der Waals surface area contributed by atoms with Crippen LogP contribution in [0.1, 0.15) is 88.6 Å². The van der Waals surface area contributed by atoms with E-state index in [1.165, 1.54) is 0 Å². The van der Waals surface area contributed by atoms with Crippen LogP contribution in [0.15, 0.2) is 30.3 Å². The maximum atomic E-state index is 15.1. The van der Waals surface area contributed by atoms with E-state index in [9.17, 15) is 0 Å². The molecule has 0 aromatic heterocycles. The molecule has 0 bridgehead atoms. The van der Waals surface area contributed by atoms with E-state index < -0.39 is 57.6 Å². The fourth-order valence-electron chi connectivity index (χ4n) is 4.42. The average Bonchev–Trinajstić information content (AvgIpc) is 2.88. The van der Waals surface area contributed by atoms with Crippen LogP contribution in [0.25, 0.3) is 0 Å². The second-order valence-electron chi connectivity index (χ2n) is 20.0. The molecule has 1 aliphatic heterocycles. The first kappa shape index (κ1) is 43.5. The van der Waals surface area contributed by atoms with Crippen LogP contribution in [0.4, 0.5) is 0 Å². The van der Waals surface area contributed by atoms with Crippen molar-refractivity contribution in [3.63, 3.8) is 0 Å². The number of piperidine rings is 1. The number of nitrogens with zero attached hydrogens (tertiary/aromatic N) is 1. The van der Waals surface area contributed by atoms with Crippen molar-refractivity contribution in [2.24, 2.45) is 0 Å². The van der Waals surface area contributed by atoms with Crippen LogP contribution in [-0.2, 0) is 33.9 Å². The van der Waals surface area contributed by atoms with Gasteiger partial charge in [0.2, 0.25) is 0 Å². The lowest BCUT2D eigenvalue weighted by Gasteiger charge is -2.55. The molecule has 7 nitrogen and oxygen atoms in total. The molecule has 0 aliphatic carbocycles. The Morgan fingerprint density at radius 1 is 0.583 bits per heavy atom. The lowest BCUT2D eigenvalue weighted by Crippen LogP contribution is -2.72. The molecule has 1 aromatic rings. The van der Waals surface area contributed by atoms with Crippen molar-refractivity contribution in [2.45, 2.75) is 187 Å². The minimum Gasteiger partial charge on any atom is -0.415 e. The molecule has 0 saturated carbocycles. The summed E-state index contributed by atoms with van der Waals surface area (Å²) in [6, 6.07) is 9.48. The smallest absolute Gasteiger partial charge is 0.277 e. The Kier molecular flexibility index (Phi) is 13.4. The van der Waals surface area contributed by atoms with E-state index in [1.54, 1.807) is 5.06 Å². The molecule has 11 heteroatoms. The average molecular weight is 740 g/mol. The molecule has 1 fully saturated rings. The van der Waals surface area contributed by atoms with Crippen molar-refractivity contribution in [3.8, 4) is 0 Å².